The second-order valence-corrected chi connectivity index (χ2v) is 11.1. The molecule has 0 saturated heterocycles. The Morgan fingerprint density at radius 2 is 1.02 bits per heavy atom. The van der Waals surface area contributed by atoms with Gasteiger partial charge >= 0.3 is 0 Å². The Labute approximate surface area is 242 Å². The van der Waals surface area contributed by atoms with E-state index in [9.17, 15) is 0 Å². The summed E-state index contributed by atoms with van der Waals surface area (Å²) in [4.78, 5) is 9.62. The molecule has 4 heterocycles. The standard InChI is InChI=1S/C35H42N6/c1-3-5-22-40-32-14-9-7-12-26(32)28-16-20-38-30(34(28)40)24-36-18-11-19-37-25-31-35-29(17-21-39-31)27-13-8-10-15-33(27)41(35)23-6-4-2/h7-10,12-17,20-21,36-37H,3-6,11,18-19,22-25H2,1-2H3. The van der Waals surface area contributed by atoms with Crippen LogP contribution in [0.25, 0.3) is 43.6 Å². The number of aromatic nitrogens is 4. The quantitative estimate of drug-likeness (QED) is 0.138. The van der Waals surface area contributed by atoms with E-state index in [4.69, 9.17) is 9.97 Å². The van der Waals surface area contributed by atoms with Gasteiger partial charge in [0.2, 0.25) is 0 Å². The lowest BCUT2D eigenvalue weighted by Gasteiger charge is -2.12. The lowest BCUT2D eigenvalue weighted by Crippen LogP contribution is -2.22. The van der Waals surface area contributed by atoms with Gasteiger partial charge in [0.15, 0.2) is 0 Å². The van der Waals surface area contributed by atoms with Gasteiger partial charge in [-0.25, -0.2) is 0 Å². The van der Waals surface area contributed by atoms with Gasteiger partial charge in [-0.1, -0.05) is 63.1 Å². The molecule has 0 saturated carbocycles. The molecule has 6 rings (SSSR count). The summed E-state index contributed by atoms with van der Waals surface area (Å²) >= 11 is 0. The summed E-state index contributed by atoms with van der Waals surface area (Å²) in [6.07, 6.45) is 9.67. The third-order valence-corrected chi connectivity index (χ3v) is 8.27. The Balaban J connectivity index is 1.09. The van der Waals surface area contributed by atoms with Gasteiger partial charge < -0.3 is 19.8 Å². The molecular weight excluding hydrogens is 504 g/mol. The molecular formula is C35H42N6. The summed E-state index contributed by atoms with van der Waals surface area (Å²) in [6.45, 7) is 10.00. The molecule has 2 aromatic carbocycles. The van der Waals surface area contributed by atoms with E-state index in [-0.39, 0.29) is 0 Å². The number of rotatable bonds is 14. The molecule has 0 amide bonds. The van der Waals surface area contributed by atoms with Gasteiger partial charge in [0.25, 0.3) is 0 Å². The molecule has 0 radical (unpaired) electrons. The number of nitrogens with one attached hydrogen (secondary N) is 2. The monoisotopic (exact) mass is 546 g/mol. The molecule has 2 N–H and O–H groups in total. The van der Waals surface area contributed by atoms with Crippen LogP contribution in [-0.2, 0) is 26.2 Å². The van der Waals surface area contributed by atoms with Crippen LogP contribution < -0.4 is 10.6 Å². The van der Waals surface area contributed by atoms with Crippen molar-refractivity contribution < 1.29 is 0 Å². The van der Waals surface area contributed by atoms with Crippen LogP contribution in [0.1, 0.15) is 57.3 Å². The van der Waals surface area contributed by atoms with Crippen molar-refractivity contribution in [2.45, 2.75) is 72.1 Å². The molecule has 0 unspecified atom stereocenters. The molecule has 6 aromatic rings. The van der Waals surface area contributed by atoms with Crippen molar-refractivity contribution in [1.29, 1.82) is 0 Å². The summed E-state index contributed by atoms with van der Waals surface area (Å²) in [5.74, 6) is 0. The van der Waals surface area contributed by atoms with E-state index in [1.54, 1.807) is 0 Å². The van der Waals surface area contributed by atoms with Crippen LogP contribution in [-0.4, -0.2) is 32.2 Å². The molecule has 6 heteroatoms. The van der Waals surface area contributed by atoms with Crippen LogP contribution in [0.4, 0.5) is 0 Å². The van der Waals surface area contributed by atoms with Crippen molar-refractivity contribution in [3.63, 3.8) is 0 Å². The van der Waals surface area contributed by atoms with Crippen LogP contribution in [0.5, 0.6) is 0 Å². The van der Waals surface area contributed by atoms with E-state index in [1.165, 1.54) is 69.3 Å². The number of hydrogen-bond donors (Lipinski definition) is 2. The fourth-order valence-corrected chi connectivity index (χ4v) is 6.25. The zero-order valence-electron chi connectivity index (χ0n) is 24.5. The maximum atomic E-state index is 4.81. The molecule has 0 fully saturated rings. The highest BCUT2D eigenvalue weighted by Crippen LogP contribution is 2.32. The van der Waals surface area contributed by atoms with Crippen molar-refractivity contribution >= 4 is 43.6 Å². The van der Waals surface area contributed by atoms with Gasteiger partial charge in [-0.2, -0.15) is 0 Å². The average molecular weight is 547 g/mol. The summed E-state index contributed by atoms with van der Waals surface area (Å²) in [6, 6.07) is 21.9. The predicted molar refractivity (Wildman–Crippen MR) is 172 cm³/mol. The smallest absolute Gasteiger partial charge is 0.0784 e. The van der Waals surface area contributed by atoms with E-state index in [1.807, 2.05) is 12.4 Å². The zero-order chi connectivity index (χ0) is 28.0. The van der Waals surface area contributed by atoms with Crippen molar-refractivity contribution in [3.05, 3.63) is 84.4 Å². The largest absolute Gasteiger partial charge is 0.339 e. The minimum Gasteiger partial charge on any atom is -0.339 e. The number of pyridine rings is 2. The van der Waals surface area contributed by atoms with Crippen molar-refractivity contribution in [2.24, 2.45) is 0 Å². The fourth-order valence-electron chi connectivity index (χ4n) is 6.25. The van der Waals surface area contributed by atoms with Crippen LogP contribution in [0.15, 0.2) is 73.1 Å². The maximum absolute atomic E-state index is 4.81. The fraction of sp³-hybridized carbons (Fsp3) is 0.371. The first kappa shape index (κ1) is 27.4. The van der Waals surface area contributed by atoms with E-state index in [2.05, 4.69) is 94.3 Å². The number of benzene rings is 2. The lowest BCUT2D eigenvalue weighted by atomic mass is 10.1. The summed E-state index contributed by atoms with van der Waals surface area (Å²) < 4.78 is 4.96. The Hall–Kier alpha value is -3.74. The number of hydrogen-bond acceptors (Lipinski definition) is 4. The average Bonchev–Trinajstić information content (AvgIpc) is 3.52. The molecule has 0 atom stereocenters. The summed E-state index contributed by atoms with van der Waals surface area (Å²) in [5, 5.41) is 12.6. The molecule has 4 aromatic heterocycles. The lowest BCUT2D eigenvalue weighted by molar-refractivity contribution is 0.586. The molecule has 0 bridgehead atoms. The van der Waals surface area contributed by atoms with Gasteiger partial charge in [0, 0.05) is 71.2 Å². The van der Waals surface area contributed by atoms with Crippen molar-refractivity contribution in [3.8, 4) is 0 Å². The molecule has 0 spiro atoms. The Bertz CT molecular complexity index is 1630. The summed E-state index contributed by atoms with van der Waals surface area (Å²) in [7, 11) is 0. The van der Waals surface area contributed by atoms with Gasteiger partial charge in [-0.05, 0) is 56.6 Å². The number of fused-ring (bicyclic) bond motifs is 6. The third kappa shape index (κ3) is 5.46. The highest BCUT2D eigenvalue weighted by Gasteiger charge is 2.15. The molecule has 6 nitrogen and oxygen atoms in total. The Morgan fingerprint density at radius 3 is 1.49 bits per heavy atom. The third-order valence-electron chi connectivity index (χ3n) is 8.27. The minimum absolute atomic E-state index is 0.776. The van der Waals surface area contributed by atoms with E-state index in [0.29, 0.717) is 0 Å². The molecule has 212 valence electrons. The Morgan fingerprint density at radius 1 is 0.561 bits per heavy atom. The van der Waals surface area contributed by atoms with E-state index in [0.717, 1.165) is 57.1 Å². The number of unbranched alkanes of at least 4 members (excludes halogenated alkanes) is 2. The molecule has 0 aliphatic rings. The van der Waals surface area contributed by atoms with Crippen LogP contribution in [0, 0.1) is 0 Å². The van der Waals surface area contributed by atoms with Crippen LogP contribution in [0.3, 0.4) is 0 Å². The minimum atomic E-state index is 0.776. The number of nitrogens with zero attached hydrogens (tertiary/aromatic N) is 4. The van der Waals surface area contributed by atoms with Crippen molar-refractivity contribution in [1.82, 2.24) is 29.7 Å². The first-order valence-corrected chi connectivity index (χ1v) is 15.4. The first-order chi connectivity index (χ1) is 20.3. The highest BCUT2D eigenvalue weighted by molar-refractivity contribution is 6.09. The second-order valence-electron chi connectivity index (χ2n) is 11.1. The highest BCUT2D eigenvalue weighted by atomic mass is 15.0. The topological polar surface area (TPSA) is 59.7 Å². The van der Waals surface area contributed by atoms with Gasteiger partial charge in [-0.15, -0.1) is 0 Å². The van der Waals surface area contributed by atoms with E-state index >= 15 is 0 Å². The number of aryl methyl sites for hydroxylation is 2. The molecule has 0 aliphatic heterocycles. The SMILES string of the molecule is CCCCn1c2ccccc2c2ccnc(CNCCCNCc3nccc4c5ccccc5n(CCCC)c34)c21. The maximum Gasteiger partial charge on any atom is 0.0784 e. The Kier molecular flexibility index (Phi) is 8.59. The van der Waals surface area contributed by atoms with E-state index < -0.39 is 0 Å². The van der Waals surface area contributed by atoms with Crippen molar-refractivity contribution in [2.75, 3.05) is 13.1 Å². The zero-order valence-corrected chi connectivity index (χ0v) is 24.5. The second kappa shape index (κ2) is 12.8. The van der Waals surface area contributed by atoms with Crippen LogP contribution in [0.2, 0.25) is 0 Å². The normalized spacial score (nSPS) is 12.0. The van der Waals surface area contributed by atoms with Gasteiger partial charge in [-0.3, -0.25) is 9.97 Å². The molecule has 41 heavy (non-hydrogen) atoms. The first-order valence-electron chi connectivity index (χ1n) is 15.4. The summed E-state index contributed by atoms with van der Waals surface area (Å²) in [5.41, 5.74) is 7.46. The molecule has 0 aliphatic carbocycles. The van der Waals surface area contributed by atoms with Gasteiger partial charge in [0.05, 0.1) is 22.4 Å². The van der Waals surface area contributed by atoms with Crippen LogP contribution >= 0.6 is 0 Å². The predicted octanol–water partition coefficient (Wildman–Crippen LogP) is 7.56. The number of para-hydroxylation sites is 2. The van der Waals surface area contributed by atoms with Gasteiger partial charge in [0.1, 0.15) is 0 Å².